The Hall–Kier alpha value is -2.63. The van der Waals surface area contributed by atoms with Gasteiger partial charge >= 0.3 is 6.18 Å². The van der Waals surface area contributed by atoms with Crippen molar-refractivity contribution in [1.82, 2.24) is 4.98 Å². The molecule has 0 aliphatic carbocycles. The number of hydrogen-bond acceptors (Lipinski definition) is 2. The van der Waals surface area contributed by atoms with Gasteiger partial charge in [-0.25, -0.2) is 0 Å². The summed E-state index contributed by atoms with van der Waals surface area (Å²) in [5.41, 5.74) is 0.920. The molecule has 2 N–H and O–H groups in total. The standard InChI is InChI=1S/C16H12F3NO2/c17-16(18,19)11-1-4-13(5-2-11)22-9-10-8-20-15-7-12(21)3-6-14(10)15/h1-8,20-21H,9H2. The van der Waals surface area contributed by atoms with E-state index in [9.17, 15) is 18.3 Å². The van der Waals surface area contributed by atoms with Crippen molar-refractivity contribution in [1.29, 1.82) is 0 Å². The molecule has 22 heavy (non-hydrogen) atoms. The number of fused-ring (bicyclic) bond motifs is 1. The van der Waals surface area contributed by atoms with E-state index in [1.165, 1.54) is 12.1 Å². The fourth-order valence-corrected chi connectivity index (χ4v) is 2.19. The summed E-state index contributed by atoms with van der Waals surface area (Å²) in [6.07, 6.45) is -2.61. The van der Waals surface area contributed by atoms with E-state index in [1.54, 1.807) is 24.4 Å². The Labute approximate surface area is 124 Å². The van der Waals surface area contributed by atoms with Crippen LogP contribution in [0.15, 0.2) is 48.7 Å². The van der Waals surface area contributed by atoms with Crippen LogP contribution in [-0.2, 0) is 12.8 Å². The minimum atomic E-state index is -4.35. The lowest BCUT2D eigenvalue weighted by atomic mass is 10.2. The van der Waals surface area contributed by atoms with Crippen LogP contribution in [0.2, 0.25) is 0 Å². The smallest absolute Gasteiger partial charge is 0.416 e. The predicted octanol–water partition coefficient (Wildman–Crippen LogP) is 4.47. The number of alkyl halides is 3. The van der Waals surface area contributed by atoms with Gasteiger partial charge in [0.1, 0.15) is 18.1 Å². The zero-order valence-electron chi connectivity index (χ0n) is 11.3. The first kappa shape index (κ1) is 14.3. The van der Waals surface area contributed by atoms with E-state index in [2.05, 4.69) is 4.98 Å². The molecule has 0 spiro atoms. The average molecular weight is 307 g/mol. The third-order valence-electron chi connectivity index (χ3n) is 3.33. The number of rotatable bonds is 3. The molecular formula is C16H12F3NO2. The second kappa shape index (κ2) is 5.29. The maximum absolute atomic E-state index is 12.5. The Morgan fingerprint density at radius 1 is 1.05 bits per heavy atom. The second-order valence-electron chi connectivity index (χ2n) is 4.85. The highest BCUT2D eigenvalue weighted by Gasteiger charge is 2.30. The highest BCUT2D eigenvalue weighted by Crippen LogP contribution is 2.30. The molecule has 3 aromatic rings. The molecule has 6 heteroatoms. The van der Waals surface area contributed by atoms with Crippen LogP contribution in [0.25, 0.3) is 10.9 Å². The lowest BCUT2D eigenvalue weighted by Gasteiger charge is -2.09. The van der Waals surface area contributed by atoms with Crippen molar-refractivity contribution in [3.63, 3.8) is 0 Å². The van der Waals surface area contributed by atoms with Gasteiger partial charge in [0, 0.05) is 28.7 Å². The number of aromatic hydroxyl groups is 1. The summed E-state index contributed by atoms with van der Waals surface area (Å²) < 4.78 is 42.9. The number of aromatic nitrogens is 1. The number of halogens is 3. The van der Waals surface area contributed by atoms with E-state index in [0.717, 1.165) is 28.6 Å². The van der Waals surface area contributed by atoms with Gasteiger partial charge in [-0.15, -0.1) is 0 Å². The Balaban J connectivity index is 1.74. The van der Waals surface area contributed by atoms with E-state index in [1.807, 2.05) is 0 Å². The van der Waals surface area contributed by atoms with Gasteiger partial charge in [0.15, 0.2) is 0 Å². The lowest BCUT2D eigenvalue weighted by Crippen LogP contribution is -2.04. The molecule has 1 aromatic heterocycles. The Bertz CT molecular complexity index is 791. The minimum absolute atomic E-state index is 0.157. The molecule has 0 atom stereocenters. The van der Waals surface area contributed by atoms with Gasteiger partial charge in [0.05, 0.1) is 5.56 Å². The maximum atomic E-state index is 12.5. The Morgan fingerprint density at radius 2 is 1.77 bits per heavy atom. The van der Waals surface area contributed by atoms with E-state index >= 15 is 0 Å². The zero-order valence-corrected chi connectivity index (χ0v) is 11.3. The van der Waals surface area contributed by atoms with Gasteiger partial charge < -0.3 is 14.8 Å². The molecule has 114 valence electrons. The third kappa shape index (κ3) is 2.86. The summed E-state index contributed by atoms with van der Waals surface area (Å²) >= 11 is 0. The van der Waals surface area contributed by atoms with Gasteiger partial charge in [0.2, 0.25) is 0 Å². The minimum Gasteiger partial charge on any atom is -0.508 e. The van der Waals surface area contributed by atoms with E-state index in [0.29, 0.717) is 5.75 Å². The molecule has 0 saturated heterocycles. The number of ether oxygens (including phenoxy) is 1. The molecule has 0 bridgehead atoms. The molecule has 1 heterocycles. The number of benzene rings is 2. The van der Waals surface area contributed by atoms with Crippen LogP contribution in [-0.4, -0.2) is 10.1 Å². The maximum Gasteiger partial charge on any atom is 0.416 e. The van der Waals surface area contributed by atoms with Crippen molar-refractivity contribution < 1.29 is 23.0 Å². The van der Waals surface area contributed by atoms with Crippen LogP contribution >= 0.6 is 0 Å². The summed E-state index contributed by atoms with van der Waals surface area (Å²) in [5.74, 6) is 0.519. The molecule has 0 fully saturated rings. The van der Waals surface area contributed by atoms with Crippen LogP contribution in [0, 0.1) is 0 Å². The number of aromatic amines is 1. The summed E-state index contributed by atoms with van der Waals surface area (Å²) in [7, 11) is 0. The van der Waals surface area contributed by atoms with Crippen LogP contribution in [0.4, 0.5) is 13.2 Å². The van der Waals surface area contributed by atoms with Gasteiger partial charge in [-0.1, -0.05) is 0 Å². The van der Waals surface area contributed by atoms with Crippen molar-refractivity contribution in [2.45, 2.75) is 12.8 Å². The summed E-state index contributed by atoms with van der Waals surface area (Å²) in [6.45, 7) is 0.218. The summed E-state index contributed by atoms with van der Waals surface area (Å²) in [4.78, 5) is 3.01. The van der Waals surface area contributed by atoms with Crippen LogP contribution < -0.4 is 4.74 Å². The molecule has 2 aromatic carbocycles. The highest BCUT2D eigenvalue weighted by atomic mass is 19.4. The largest absolute Gasteiger partial charge is 0.508 e. The van der Waals surface area contributed by atoms with Gasteiger partial charge in [-0.05, 0) is 36.4 Å². The first-order valence-electron chi connectivity index (χ1n) is 6.52. The predicted molar refractivity (Wildman–Crippen MR) is 75.7 cm³/mol. The van der Waals surface area contributed by atoms with Gasteiger partial charge in [0.25, 0.3) is 0 Å². The quantitative estimate of drug-likeness (QED) is 0.750. The first-order chi connectivity index (χ1) is 10.4. The normalized spacial score (nSPS) is 11.8. The molecule has 0 amide bonds. The third-order valence-corrected chi connectivity index (χ3v) is 3.33. The number of phenols is 1. The van der Waals surface area contributed by atoms with Gasteiger partial charge in [-0.2, -0.15) is 13.2 Å². The molecule has 3 rings (SSSR count). The fourth-order valence-electron chi connectivity index (χ4n) is 2.19. The van der Waals surface area contributed by atoms with Gasteiger partial charge in [-0.3, -0.25) is 0 Å². The van der Waals surface area contributed by atoms with Crippen molar-refractivity contribution in [2.24, 2.45) is 0 Å². The molecule has 3 nitrogen and oxygen atoms in total. The van der Waals surface area contributed by atoms with Crippen LogP contribution in [0.5, 0.6) is 11.5 Å². The Kier molecular flexibility index (Phi) is 3.44. The molecular weight excluding hydrogens is 295 g/mol. The van der Waals surface area contributed by atoms with Crippen LogP contribution in [0.1, 0.15) is 11.1 Å². The monoisotopic (exact) mass is 307 g/mol. The highest BCUT2D eigenvalue weighted by molar-refractivity contribution is 5.84. The topological polar surface area (TPSA) is 45.2 Å². The molecule has 0 radical (unpaired) electrons. The Morgan fingerprint density at radius 3 is 2.45 bits per heavy atom. The van der Waals surface area contributed by atoms with Crippen LogP contribution in [0.3, 0.4) is 0 Å². The van der Waals surface area contributed by atoms with Crippen molar-refractivity contribution in [3.8, 4) is 11.5 Å². The molecule has 0 unspecified atom stereocenters. The van der Waals surface area contributed by atoms with Crippen molar-refractivity contribution in [2.75, 3.05) is 0 Å². The molecule has 0 aliphatic rings. The number of hydrogen-bond donors (Lipinski definition) is 2. The summed E-state index contributed by atoms with van der Waals surface area (Å²) in [5, 5.41) is 10.3. The van der Waals surface area contributed by atoms with E-state index in [4.69, 9.17) is 4.74 Å². The summed E-state index contributed by atoms with van der Waals surface area (Å²) in [6, 6.07) is 9.49. The average Bonchev–Trinajstić information content (AvgIpc) is 2.87. The number of nitrogens with one attached hydrogen (secondary N) is 1. The van der Waals surface area contributed by atoms with Crippen molar-refractivity contribution in [3.05, 3.63) is 59.8 Å². The number of phenolic OH excluding ortho intramolecular Hbond substituents is 1. The first-order valence-corrected chi connectivity index (χ1v) is 6.52. The SMILES string of the molecule is Oc1ccc2c(COc3ccc(C(F)(F)F)cc3)c[nH]c2c1. The number of H-pyrrole nitrogens is 1. The van der Waals surface area contributed by atoms with E-state index in [-0.39, 0.29) is 12.4 Å². The van der Waals surface area contributed by atoms with E-state index < -0.39 is 11.7 Å². The fraction of sp³-hybridized carbons (Fsp3) is 0.125. The van der Waals surface area contributed by atoms with Crippen molar-refractivity contribution >= 4 is 10.9 Å². The molecule has 0 aliphatic heterocycles. The lowest BCUT2D eigenvalue weighted by molar-refractivity contribution is -0.137. The zero-order chi connectivity index (χ0) is 15.7. The molecule has 0 saturated carbocycles. The second-order valence-corrected chi connectivity index (χ2v) is 4.85.